The average Bonchev–Trinajstić information content (AvgIpc) is 2.77. The van der Waals surface area contributed by atoms with E-state index in [1.54, 1.807) is 42.5 Å². The van der Waals surface area contributed by atoms with Crippen molar-refractivity contribution in [3.05, 3.63) is 54.0 Å². The highest BCUT2D eigenvalue weighted by Crippen LogP contribution is 2.17. The molecule has 90 valence electrons. The first-order valence-corrected chi connectivity index (χ1v) is 6.73. The lowest BCUT2D eigenvalue weighted by Crippen LogP contribution is -2.03. The molecule has 0 radical (unpaired) electrons. The molecule has 2 rings (SSSR count). The zero-order valence-corrected chi connectivity index (χ0v) is 9.85. The van der Waals surface area contributed by atoms with Gasteiger partial charge in [0.05, 0.1) is 4.90 Å². The summed E-state index contributed by atoms with van der Waals surface area (Å²) in [7, 11) is -3.38. The van der Waals surface area contributed by atoms with Crippen molar-refractivity contribution < 1.29 is 17.9 Å². The van der Waals surface area contributed by atoms with Crippen molar-refractivity contribution in [2.75, 3.05) is 0 Å². The summed E-state index contributed by atoms with van der Waals surface area (Å²) in [5, 5.41) is 8.82. The second kappa shape index (κ2) is 4.73. The molecule has 0 unspecified atom stereocenters. The van der Waals surface area contributed by atoms with Crippen molar-refractivity contribution in [1.82, 2.24) is 0 Å². The molecule has 4 nitrogen and oxygen atoms in total. The summed E-state index contributed by atoms with van der Waals surface area (Å²) in [6, 6.07) is 11.3. The van der Waals surface area contributed by atoms with E-state index in [-0.39, 0.29) is 17.3 Å². The zero-order chi connectivity index (χ0) is 12.3. The maximum atomic E-state index is 12.0. The van der Waals surface area contributed by atoms with Gasteiger partial charge in [0.2, 0.25) is 0 Å². The van der Waals surface area contributed by atoms with Gasteiger partial charge in [0, 0.05) is 0 Å². The summed E-state index contributed by atoms with van der Waals surface area (Å²) in [5.74, 6) is 0.498. The SMILES string of the molecule is O=S(=O)(Cc1ccc(CO)o1)c1ccccc1. The molecular weight excluding hydrogens is 240 g/mol. The number of sulfone groups is 1. The van der Waals surface area contributed by atoms with Crippen molar-refractivity contribution in [2.45, 2.75) is 17.3 Å². The first-order chi connectivity index (χ1) is 8.12. The third-order valence-corrected chi connectivity index (χ3v) is 3.96. The Labute approximate surface area is 99.4 Å². The summed E-state index contributed by atoms with van der Waals surface area (Å²) in [6.07, 6.45) is 0. The Kier molecular flexibility index (Phi) is 3.31. The topological polar surface area (TPSA) is 67.5 Å². The monoisotopic (exact) mass is 252 g/mol. The summed E-state index contributed by atoms with van der Waals surface area (Å²) >= 11 is 0. The van der Waals surface area contributed by atoms with E-state index >= 15 is 0 Å². The summed E-state index contributed by atoms with van der Waals surface area (Å²) in [4.78, 5) is 0.266. The molecule has 0 saturated heterocycles. The van der Waals surface area contributed by atoms with Crippen molar-refractivity contribution in [2.24, 2.45) is 0 Å². The largest absolute Gasteiger partial charge is 0.463 e. The molecule has 1 N–H and O–H groups in total. The third kappa shape index (κ3) is 2.75. The van der Waals surface area contributed by atoms with E-state index in [0.29, 0.717) is 11.5 Å². The lowest BCUT2D eigenvalue weighted by atomic mass is 10.4. The van der Waals surface area contributed by atoms with Gasteiger partial charge in [-0.1, -0.05) is 18.2 Å². The van der Waals surface area contributed by atoms with Gasteiger partial charge >= 0.3 is 0 Å². The first-order valence-electron chi connectivity index (χ1n) is 5.08. The van der Waals surface area contributed by atoms with E-state index in [0.717, 1.165) is 0 Å². The molecule has 1 aromatic heterocycles. The van der Waals surface area contributed by atoms with E-state index in [1.165, 1.54) is 0 Å². The van der Waals surface area contributed by atoms with Crippen molar-refractivity contribution in [3.63, 3.8) is 0 Å². The lowest BCUT2D eigenvalue weighted by Gasteiger charge is -2.01. The lowest BCUT2D eigenvalue weighted by molar-refractivity contribution is 0.244. The highest BCUT2D eigenvalue weighted by atomic mass is 32.2. The standard InChI is InChI=1S/C12H12O4S/c13-8-10-6-7-11(16-10)9-17(14,15)12-4-2-1-3-5-12/h1-7,13H,8-9H2. The zero-order valence-electron chi connectivity index (χ0n) is 9.04. The average molecular weight is 252 g/mol. The van der Waals surface area contributed by atoms with Crippen LogP contribution in [0.15, 0.2) is 51.8 Å². The Hall–Kier alpha value is -1.59. The van der Waals surface area contributed by atoms with Crippen LogP contribution in [0.3, 0.4) is 0 Å². The van der Waals surface area contributed by atoms with Gasteiger partial charge in [0.1, 0.15) is 23.9 Å². The molecule has 1 aromatic carbocycles. The van der Waals surface area contributed by atoms with Crippen molar-refractivity contribution in [3.8, 4) is 0 Å². The Morgan fingerprint density at radius 3 is 2.24 bits per heavy atom. The minimum atomic E-state index is -3.38. The van der Waals surface area contributed by atoms with Crippen molar-refractivity contribution in [1.29, 1.82) is 0 Å². The molecule has 0 aliphatic carbocycles. The normalized spacial score (nSPS) is 11.6. The van der Waals surface area contributed by atoms with Crippen LogP contribution in [0.4, 0.5) is 0 Å². The molecule has 0 atom stereocenters. The van der Waals surface area contributed by atoms with Crippen LogP contribution in [0.1, 0.15) is 11.5 Å². The smallest absolute Gasteiger partial charge is 0.185 e. The number of hydrogen-bond donors (Lipinski definition) is 1. The Bertz CT molecular complexity index is 584. The fraction of sp³-hybridized carbons (Fsp3) is 0.167. The second-order valence-electron chi connectivity index (χ2n) is 3.60. The van der Waals surface area contributed by atoms with Gasteiger partial charge in [-0.2, -0.15) is 0 Å². The van der Waals surface area contributed by atoms with Gasteiger partial charge in [0.25, 0.3) is 0 Å². The van der Waals surface area contributed by atoms with Crippen LogP contribution in [0.5, 0.6) is 0 Å². The number of aliphatic hydroxyl groups is 1. The minimum Gasteiger partial charge on any atom is -0.463 e. The van der Waals surface area contributed by atoms with E-state index in [4.69, 9.17) is 9.52 Å². The molecule has 17 heavy (non-hydrogen) atoms. The summed E-state index contributed by atoms with van der Waals surface area (Å²) < 4.78 is 29.1. The molecule has 0 aliphatic heterocycles. The number of benzene rings is 1. The van der Waals surface area contributed by atoms with E-state index in [1.807, 2.05) is 0 Å². The Balaban J connectivity index is 2.24. The predicted octanol–water partition coefficient (Wildman–Crippen LogP) is 1.75. The van der Waals surface area contributed by atoms with Gasteiger partial charge in [-0.3, -0.25) is 0 Å². The Morgan fingerprint density at radius 2 is 1.65 bits per heavy atom. The molecule has 0 amide bonds. The van der Waals surface area contributed by atoms with Crippen LogP contribution in [-0.2, 0) is 22.2 Å². The number of aliphatic hydroxyl groups excluding tert-OH is 1. The molecule has 5 heteroatoms. The van der Waals surface area contributed by atoms with Gasteiger partial charge < -0.3 is 9.52 Å². The first kappa shape index (κ1) is 11.9. The fourth-order valence-corrected chi connectivity index (χ4v) is 2.75. The van der Waals surface area contributed by atoms with Crippen LogP contribution in [0.2, 0.25) is 0 Å². The van der Waals surface area contributed by atoms with Crippen LogP contribution in [0.25, 0.3) is 0 Å². The Morgan fingerprint density at radius 1 is 1.00 bits per heavy atom. The fourth-order valence-electron chi connectivity index (χ4n) is 1.48. The van der Waals surface area contributed by atoms with Gasteiger partial charge in [-0.15, -0.1) is 0 Å². The second-order valence-corrected chi connectivity index (χ2v) is 5.59. The molecule has 0 fully saturated rings. The molecule has 0 spiro atoms. The van der Waals surface area contributed by atoms with E-state index < -0.39 is 9.84 Å². The summed E-state index contributed by atoms with van der Waals surface area (Å²) in [6.45, 7) is -0.231. The predicted molar refractivity (Wildman–Crippen MR) is 62.0 cm³/mol. The van der Waals surface area contributed by atoms with Gasteiger partial charge in [0.15, 0.2) is 9.84 Å². The molecule has 2 aromatic rings. The molecule has 0 saturated carbocycles. The van der Waals surface area contributed by atoms with E-state index in [9.17, 15) is 8.42 Å². The van der Waals surface area contributed by atoms with Crippen molar-refractivity contribution >= 4 is 9.84 Å². The van der Waals surface area contributed by atoms with Crippen LogP contribution in [-0.4, -0.2) is 13.5 Å². The van der Waals surface area contributed by atoms with Crippen LogP contribution < -0.4 is 0 Å². The van der Waals surface area contributed by atoms with Crippen LogP contribution >= 0.6 is 0 Å². The molecule has 1 heterocycles. The van der Waals surface area contributed by atoms with E-state index in [2.05, 4.69) is 0 Å². The number of furan rings is 1. The number of hydrogen-bond acceptors (Lipinski definition) is 4. The minimum absolute atomic E-state index is 0.197. The highest BCUT2D eigenvalue weighted by molar-refractivity contribution is 7.90. The number of rotatable bonds is 4. The molecule has 0 aliphatic rings. The summed E-state index contributed by atoms with van der Waals surface area (Å²) in [5.41, 5.74) is 0. The molecular formula is C12H12O4S. The third-order valence-electron chi connectivity index (χ3n) is 2.31. The maximum Gasteiger partial charge on any atom is 0.185 e. The highest BCUT2D eigenvalue weighted by Gasteiger charge is 2.17. The maximum absolute atomic E-state index is 12.0. The van der Waals surface area contributed by atoms with Gasteiger partial charge in [-0.25, -0.2) is 8.42 Å². The van der Waals surface area contributed by atoms with Gasteiger partial charge in [-0.05, 0) is 24.3 Å². The van der Waals surface area contributed by atoms with Crippen LogP contribution in [0, 0.1) is 0 Å². The molecule has 0 bridgehead atoms. The quantitative estimate of drug-likeness (QED) is 0.900.